The molecule has 6 heteroatoms. The summed E-state index contributed by atoms with van der Waals surface area (Å²) in [6.45, 7) is 7.60. The minimum atomic E-state index is -0.539. The van der Waals surface area contributed by atoms with Crippen LogP contribution in [0.25, 0.3) is 0 Å². The van der Waals surface area contributed by atoms with Crippen LogP contribution in [0.2, 0.25) is 0 Å². The van der Waals surface area contributed by atoms with Crippen LogP contribution in [0.3, 0.4) is 0 Å². The first-order valence-electron chi connectivity index (χ1n) is 6.93. The Morgan fingerprint density at radius 1 is 1.50 bits per heavy atom. The van der Waals surface area contributed by atoms with Gasteiger partial charge >= 0.3 is 5.97 Å². The number of ether oxygens (including phenoxy) is 2. The molecule has 1 aromatic rings. The van der Waals surface area contributed by atoms with Crippen molar-refractivity contribution in [2.45, 2.75) is 33.6 Å². The topological polar surface area (TPSA) is 85.3 Å². The Labute approximate surface area is 133 Å². The normalized spacial score (nSPS) is 18.0. The molecule has 0 amide bonds. The molecule has 1 aliphatic heterocycles. The standard InChI is InChI=1S/C16H18N2O3S/c1-5-20-16(19)13-9(3)21-15(18)12(7-17)14(13)11-6-8(2)22-10(11)4/h6,14H,5,18H2,1-4H3/t14-/m1/s1. The van der Waals surface area contributed by atoms with E-state index < -0.39 is 11.9 Å². The van der Waals surface area contributed by atoms with Crippen molar-refractivity contribution in [3.8, 4) is 6.07 Å². The number of nitriles is 1. The number of nitrogens with zero attached hydrogens (tertiary/aromatic N) is 1. The van der Waals surface area contributed by atoms with Gasteiger partial charge in [-0.2, -0.15) is 5.26 Å². The van der Waals surface area contributed by atoms with Crippen molar-refractivity contribution in [1.29, 1.82) is 5.26 Å². The van der Waals surface area contributed by atoms with Gasteiger partial charge in [-0.1, -0.05) is 0 Å². The Morgan fingerprint density at radius 2 is 2.18 bits per heavy atom. The number of thiophene rings is 1. The maximum Gasteiger partial charge on any atom is 0.338 e. The minimum Gasteiger partial charge on any atom is -0.463 e. The molecule has 1 aliphatic rings. The number of rotatable bonds is 3. The Hall–Kier alpha value is -2.26. The first-order valence-corrected chi connectivity index (χ1v) is 7.74. The van der Waals surface area contributed by atoms with Gasteiger partial charge in [0, 0.05) is 9.75 Å². The number of hydrogen-bond donors (Lipinski definition) is 1. The first kappa shape index (κ1) is 16.1. The molecule has 0 aliphatic carbocycles. The van der Waals surface area contributed by atoms with Gasteiger partial charge in [-0.05, 0) is 39.3 Å². The molecule has 0 spiro atoms. The van der Waals surface area contributed by atoms with Crippen molar-refractivity contribution in [3.05, 3.63) is 44.2 Å². The summed E-state index contributed by atoms with van der Waals surface area (Å²) in [6.07, 6.45) is 0. The minimum absolute atomic E-state index is 0.0429. The van der Waals surface area contributed by atoms with E-state index in [4.69, 9.17) is 15.2 Å². The van der Waals surface area contributed by atoms with Crippen molar-refractivity contribution in [3.63, 3.8) is 0 Å². The third-order valence-corrected chi connectivity index (χ3v) is 4.47. The fraction of sp³-hybridized carbons (Fsp3) is 0.375. The van der Waals surface area contributed by atoms with E-state index in [0.717, 1.165) is 15.3 Å². The van der Waals surface area contributed by atoms with E-state index in [9.17, 15) is 10.1 Å². The predicted octanol–water partition coefficient (Wildman–Crippen LogP) is 3.01. The lowest BCUT2D eigenvalue weighted by molar-refractivity contribution is -0.139. The molecule has 1 aromatic heterocycles. The Bertz CT molecular complexity index is 722. The quantitative estimate of drug-likeness (QED) is 0.866. The highest BCUT2D eigenvalue weighted by Gasteiger charge is 2.37. The molecule has 22 heavy (non-hydrogen) atoms. The molecule has 1 atom stereocenters. The predicted molar refractivity (Wildman–Crippen MR) is 83.8 cm³/mol. The fourth-order valence-electron chi connectivity index (χ4n) is 2.60. The van der Waals surface area contributed by atoms with Gasteiger partial charge in [0.15, 0.2) is 0 Å². The van der Waals surface area contributed by atoms with E-state index in [-0.39, 0.29) is 18.1 Å². The van der Waals surface area contributed by atoms with E-state index in [1.54, 1.807) is 25.2 Å². The zero-order valence-electron chi connectivity index (χ0n) is 13.0. The number of aryl methyl sites for hydroxylation is 2. The Morgan fingerprint density at radius 3 is 2.68 bits per heavy atom. The maximum absolute atomic E-state index is 12.3. The average molecular weight is 318 g/mol. The van der Waals surface area contributed by atoms with Crippen LogP contribution in [0.1, 0.15) is 35.1 Å². The lowest BCUT2D eigenvalue weighted by Crippen LogP contribution is -2.25. The van der Waals surface area contributed by atoms with Crippen LogP contribution in [0.15, 0.2) is 28.9 Å². The van der Waals surface area contributed by atoms with Crippen LogP contribution < -0.4 is 5.73 Å². The zero-order valence-corrected chi connectivity index (χ0v) is 13.8. The van der Waals surface area contributed by atoms with Crippen molar-refractivity contribution >= 4 is 17.3 Å². The summed E-state index contributed by atoms with van der Waals surface area (Å²) in [5.41, 5.74) is 7.34. The van der Waals surface area contributed by atoms with E-state index in [1.807, 2.05) is 19.9 Å². The second-order valence-corrected chi connectivity index (χ2v) is 6.44. The van der Waals surface area contributed by atoms with Crippen LogP contribution in [0, 0.1) is 25.2 Å². The fourth-order valence-corrected chi connectivity index (χ4v) is 3.57. The van der Waals surface area contributed by atoms with Crippen LogP contribution in [0.4, 0.5) is 0 Å². The van der Waals surface area contributed by atoms with E-state index in [1.165, 1.54) is 0 Å². The van der Waals surface area contributed by atoms with Gasteiger partial charge in [0.25, 0.3) is 0 Å². The third kappa shape index (κ3) is 2.72. The van der Waals surface area contributed by atoms with Crippen LogP contribution >= 0.6 is 11.3 Å². The van der Waals surface area contributed by atoms with Gasteiger partial charge in [-0.15, -0.1) is 11.3 Å². The second kappa shape index (κ2) is 6.24. The van der Waals surface area contributed by atoms with Gasteiger partial charge in [0.2, 0.25) is 5.88 Å². The third-order valence-electron chi connectivity index (χ3n) is 3.49. The summed E-state index contributed by atoms with van der Waals surface area (Å²) in [5, 5.41) is 9.47. The monoisotopic (exact) mass is 318 g/mol. The maximum atomic E-state index is 12.3. The highest BCUT2D eigenvalue weighted by Crippen LogP contribution is 2.42. The number of allylic oxidation sites excluding steroid dienone is 2. The van der Waals surface area contributed by atoms with Gasteiger partial charge in [-0.3, -0.25) is 0 Å². The first-order chi connectivity index (χ1) is 10.4. The highest BCUT2D eigenvalue weighted by atomic mass is 32.1. The summed E-state index contributed by atoms with van der Waals surface area (Å²) in [6, 6.07) is 4.06. The van der Waals surface area contributed by atoms with Gasteiger partial charge in [-0.25, -0.2) is 4.79 Å². The molecular formula is C16H18N2O3S. The molecule has 0 saturated heterocycles. The molecule has 5 nitrogen and oxygen atoms in total. The molecule has 2 heterocycles. The zero-order chi connectivity index (χ0) is 16.4. The number of carbonyl (C=O) groups excluding carboxylic acids is 1. The highest BCUT2D eigenvalue weighted by molar-refractivity contribution is 7.12. The van der Waals surface area contributed by atoms with E-state index >= 15 is 0 Å². The van der Waals surface area contributed by atoms with Gasteiger partial charge < -0.3 is 15.2 Å². The van der Waals surface area contributed by atoms with Crippen molar-refractivity contribution in [2.24, 2.45) is 5.73 Å². The summed E-state index contributed by atoms with van der Waals surface area (Å²) in [7, 11) is 0. The van der Waals surface area contributed by atoms with Crippen molar-refractivity contribution < 1.29 is 14.3 Å². The van der Waals surface area contributed by atoms with Crippen LogP contribution in [0.5, 0.6) is 0 Å². The molecule has 0 bridgehead atoms. The number of nitrogens with two attached hydrogens (primary N) is 1. The summed E-state index contributed by atoms with van der Waals surface area (Å²) < 4.78 is 10.5. The molecule has 0 unspecified atom stereocenters. The molecule has 116 valence electrons. The molecular weight excluding hydrogens is 300 g/mol. The lowest BCUT2D eigenvalue weighted by atomic mass is 9.83. The molecule has 0 radical (unpaired) electrons. The smallest absolute Gasteiger partial charge is 0.338 e. The number of esters is 1. The average Bonchev–Trinajstić information content (AvgIpc) is 2.76. The molecule has 0 aromatic carbocycles. The van der Waals surface area contributed by atoms with E-state index in [2.05, 4.69) is 6.07 Å². The lowest BCUT2D eigenvalue weighted by Gasteiger charge is -2.26. The summed E-state index contributed by atoms with van der Waals surface area (Å²) in [5.74, 6) is -0.597. The number of carbonyl (C=O) groups is 1. The summed E-state index contributed by atoms with van der Waals surface area (Å²) >= 11 is 1.62. The van der Waals surface area contributed by atoms with E-state index in [0.29, 0.717) is 11.3 Å². The molecule has 0 saturated carbocycles. The van der Waals surface area contributed by atoms with Gasteiger partial charge in [0.05, 0.1) is 18.1 Å². The van der Waals surface area contributed by atoms with Gasteiger partial charge in [0.1, 0.15) is 17.4 Å². The molecule has 0 fully saturated rings. The Balaban J connectivity index is 2.64. The summed E-state index contributed by atoms with van der Waals surface area (Å²) in [4.78, 5) is 14.5. The molecule has 2 N–H and O–H groups in total. The Kier molecular flexibility index (Phi) is 4.57. The second-order valence-electron chi connectivity index (χ2n) is 4.98. The molecule has 2 rings (SSSR count). The number of hydrogen-bond acceptors (Lipinski definition) is 6. The van der Waals surface area contributed by atoms with Crippen molar-refractivity contribution in [2.75, 3.05) is 6.61 Å². The SMILES string of the molecule is CCOC(=O)C1=C(C)OC(N)=C(C#N)[C@H]1c1cc(C)sc1C. The van der Waals surface area contributed by atoms with Crippen LogP contribution in [-0.4, -0.2) is 12.6 Å². The van der Waals surface area contributed by atoms with Crippen LogP contribution in [-0.2, 0) is 14.3 Å². The largest absolute Gasteiger partial charge is 0.463 e. The van der Waals surface area contributed by atoms with Crippen molar-refractivity contribution in [1.82, 2.24) is 0 Å².